The van der Waals surface area contributed by atoms with Gasteiger partial charge >= 0.3 is 0 Å². The molecule has 2 atom stereocenters. The maximum absolute atomic E-state index is 13.5. The van der Waals surface area contributed by atoms with E-state index in [9.17, 15) is 9.18 Å². The summed E-state index contributed by atoms with van der Waals surface area (Å²) in [4.78, 5) is 11.2. The minimum absolute atomic E-state index is 0.133. The Balaban J connectivity index is 1.59. The van der Waals surface area contributed by atoms with Crippen molar-refractivity contribution in [3.8, 4) is 5.75 Å². The smallest absolute Gasteiger partial charge is 0.234 e. The normalized spacial score (nSPS) is 20.4. The number of hydrogen-bond donors (Lipinski definition) is 2. The number of halogens is 1. The number of rotatable bonds is 5. The van der Waals surface area contributed by atoms with Crippen LogP contribution in [0.3, 0.4) is 0 Å². The average Bonchev–Trinajstić information content (AvgIpc) is 3.05. The van der Waals surface area contributed by atoms with Crippen molar-refractivity contribution in [3.05, 3.63) is 65.5 Å². The van der Waals surface area contributed by atoms with Crippen LogP contribution in [0.25, 0.3) is 0 Å². The molecule has 1 heterocycles. The van der Waals surface area contributed by atoms with Crippen molar-refractivity contribution in [2.45, 2.75) is 31.5 Å². The van der Waals surface area contributed by atoms with Crippen molar-refractivity contribution < 1.29 is 13.9 Å². The van der Waals surface area contributed by atoms with E-state index in [4.69, 9.17) is 10.5 Å². The molecule has 1 saturated heterocycles. The molecule has 2 aromatic carbocycles. The monoisotopic (exact) mass is 314 g/mol. The maximum atomic E-state index is 13.5. The summed E-state index contributed by atoms with van der Waals surface area (Å²) < 4.78 is 19.2. The van der Waals surface area contributed by atoms with E-state index < -0.39 is 0 Å². The first-order chi connectivity index (χ1) is 11.1. The van der Waals surface area contributed by atoms with Gasteiger partial charge in [0.2, 0.25) is 5.91 Å². The zero-order valence-electron chi connectivity index (χ0n) is 12.7. The van der Waals surface area contributed by atoms with Crippen LogP contribution in [0.4, 0.5) is 4.39 Å². The first-order valence-electron chi connectivity index (χ1n) is 7.65. The molecule has 0 spiro atoms. The number of carbonyl (C=O) groups is 1. The highest BCUT2D eigenvalue weighted by Crippen LogP contribution is 2.28. The quantitative estimate of drug-likeness (QED) is 0.892. The Kier molecular flexibility index (Phi) is 4.57. The fourth-order valence-electron chi connectivity index (χ4n) is 2.80. The molecule has 0 bridgehead atoms. The number of nitrogens with two attached hydrogens (primary N) is 1. The lowest BCUT2D eigenvalue weighted by Crippen LogP contribution is -2.37. The Labute approximate surface area is 134 Å². The maximum Gasteiger partial charge on any atom is 0.234 e. The average molecular weight is 314 g/mol. The Bertz CT molecular complexity index is 688. The number of ether oxygens (including phenoxy) is 1. The third-order valence-corrected chi connectivity index (χ3v) is 4.12. The van der Waals surface area contributed by atoms with E-state index in [0.29, 0.717) is 11.3 Å². The summed E-state index contributed by atoms with van der Waals surface area (Å²) >= 11 is 0. The number of nitrogens with one attached hydrogen (secondary N) is 1. The number of carbonyl (C=O) groups excluding carboxylic acids is 1. The van der Waals surface area contributed by atoms with E-state index in [1.807, 2.05) is 24.3 Å². The van der Waals surface area contributed by atoms with Crippen LogP contribution >= 0.6 is 0 Å². The lowest BCUT2D eigenvalue weighted by atomic mass is 10.1. The third kappa shape index (κ3) is 3.68. The molecule has 3 N–H and O–H groups in total. The van der Waals surface area contributed by atoms with Gasteiger partial charge in [0.05, 0.1) is 6.04 Å². The Morgan fingerprint density at radius 3 is 2.57 bits per heavy atom. The van der Waals surface area contributed by atoms with Crippen LogP contribution in [0.5, 0.6) is 5.75 Å². The van der Waals surface area contributed by atoms with E-state index in [2.05, 4.69) is 5.32 Å². The minimum atomic E-state index is -0.308. The number of amides is 1. The molecule has 23 heavy (non-hydrogen) atoms. The molecule has 1 aliphatic rings. The van der Waals surface area contributed by atoms with Crippen LogP contribution in [0, 0.1) is 5.82 Å². The molecule has 0 saturated carbocycles. The van der Waals surface area contributed by atoms with Crippen molar-refractivity contribution in [1.29, 1.82) is 0 Å². The second-order valence-electron chi connectivity index (χ2n) is 5.70. The van der Waals surface area contributed by atoms with Crippen LogP contribution < -0.4 is 15.8 Å². The molecule has 0 aliphatic carbocycles. The zero-order chi connectivity index (χ0) is 16.2. The van der Waals surface area contributed by atoms with E-state index in [0.717, 1.165) is 18.4 Å². The Hall–Kier alpha value is -2.40. The van der Waals surface area contributed by atoms with Gasteiger partial charge in [-0.3, -0.25) is 10.1 Å². The van der Waals surface area contributed by atoms with Crippen molar-refractivity contribution in [2.75, 3.05) is 0 Å². The standard InChI is InChI=1S/C18H19FN2O2/c19-15-4-2-1-3-13(15)11-23-14-7-5-12(6-8-14)16-9-10-17(21-16)18(20)22/h1-8,16-17,21H,9-11H2,(H2,20,22)/t16-,17-/m0/s1. The first kappa shape index (κ1) is 15.5. The van der Waals surface area contributed by atoms with Crippen LogP contribution in [0.2, 0.25) is 0 Å². The lowest BCUT2D eigenvalue weighted by Gasteiger charge is -2.13. The molecule has 0 aromatic heterocycles. The molecular weight excluding hydrogens is 295 g/mol. The second kappa shape index (κ2) is 6.79. The molecule has 1 amide bonds. The molecule has 2 aromatic rings. The van der Waals surface area contributed by atoms with Crippen LogP contribution in [0.15, 0.2) is 48.5 Å². The predicted octanol–water partition coefficient (Wildman–Crippen LogP) is 2.68. The fraction of sp³-hybridized carbons (Fsp3) is 0.278. The zero-order valence-corrected chi connectivity index (χ0v) is 12.7. The first-order valence-corrected chi connectivity index (χ1v) is 7.65. The Morgan fingerprint density at radius 2 is 1.91 bits per heavy atom. The van der Waals surface area contributed by atoms with Gasteiger partial charge in [0.15, 0.2) is 0 Å². The van der Waals surface area contributed by atoms with Gasteiger partial charge in [0.1, 0.15) is 18.2 Å². The summed E-state index contributed by atoms with van der Waals surface area (Å²) in [5.41, 5.74) is 6.93. The summed E-state index contributed by atoms with van der Waals surface area (Å²) in [6.45, 7) is 0.192. The molecular formula is C18H19FN2O2. The van der Waals surface area contributed by atoms with Gasteiger partial charge < -0.3 is 10.5 Å². The molecule has 0 unspecified atom stereocenters. The molecule has 1 fully saturated rings. The van der Waals surface area contributed by atoms with Gasteiger partial charge in [0.25, 0.3) is 0 Å². The molecule has 120 valence electrons. The second-order valence-corrected chi connectivity index (χ2v) is 5.70. The summed E-state index contributed by atoms with van der Waals surface area (Å²) in [6.07, 6.45) is 1.63. The molecule has 4 nitrogen and oxygen atoms in total. The highest BCUT2D eigenvalue weighted by Gasteiger charge is 2.28. The fourth-order valence-corrected chi connectivity index (χ4v) is 2.80. The highest BCUT2D eigenvalue weighted by atomic mass is 19.1. The summed E-state index contributed by atoms with van der Waals surface area (Å²) in [7, 11) is 0. The van der Waals surface area contributed by atoms with Gasteiger partial charge in [-0.2, -0.15) is 0 Å². The number of primary amides is 1. The Morgan fingerprint density at radius 1 is 1.17 bits per heavy atom. The lowest BCUT2D eigenvalue weighted by molar-refractivity contribution is -0.119. The minimum Gasteiger partial charge on any atom is -0.489 e. The van der Waals surface area contributed by atoms with Crippen molar-refractivity contribution in [2.24, 2.45) is 5.73 Å². The van der Waals surface area contributed by atoms with Crippen LogP contribution in [-0.4, -0.2) is 11.9 Å². The SMILES string of the molecule is NC(=O)[C@@H]1CC[C@@H](c2ccc(OCc3ccccc3F)cc2)N1. The van der Waals surface area contributed by atoms with Gasteiger partial charge in [-0.15, -0.1) is 0 Å². The van der Waals surface area contributed by atoms with Crippen molar-refractivity contribution >= 4 is 5.91 Å². The molecule has 1 aliphatic heterocycles. The predicted molar refractivity (Wildman–Crippen MR) is 85.3 cm³/mol. The number of hydrogen-bond acceptors (Lipinski definition) is 3. The third-order valence-electron chi connectivity index (χ3n) is 4.12. The van der Waals surface area contributed by atoms with Crippen molar-refractivity contribution in [3.63, 3.8) is 0 Å². The van der Waals surface area contributed by atoms with E-state index in [1.165, 1.54) is 6.07 Å². The van der Waals surface area contributed by atoms with Crippen LogP contribution in [-0.2, 0) is 11.4 Å². The largest absolute Gasteiger partial charge is 0.489 e. The molecule has 5 heteroatoms. The summed E-state index contributed by atoms with van der Waals surface area (Å²) in [6, 6.07) is 14.1. The van der Waals surface area contributed by atoms with E-state index >= 15 is 0 Å². The summed E-state index contributed by atoms with van der Waals surface area (Å²) in [5.74, 6) is 0.107. The molecule has 3 rings (SSSR count). The van der Waals surface area contributed by atoms with Gasteiger partial charge in [-0.25, -0.2) is 4.39 Å². The van der Waals surface area contributed by atoms with Crippen LogP contribution in [0.1, 0.15) is 30.0 Å². The van der Waals surface area contributed by atoms with Gasteiger partial charge in [-0.05, 0) is 36.6 Å². The number of benzene rings is 2. The topological polar surface area (TPSA) is 64.4 Å². The molecule has 0 radical (unpaired) electrons. The van der Waals surface area contributed by atoms with Gasteiger partial charge in [0, 0.05) is 11.6 Å². The van der Waals surface area contributed by atoms with Gasteiger partial charge in [-0.1, -0.05) is 30.3 Å². The van der Waals surface area contributed by atoms with E-state index in [1.54, 1.807) is 18.2 Å². The van der Waals surface area contributed by atoms with E-state index in [-0.39, 0.29) is 30.4 Å². The highest BCUT2D eigenvalue weighted by molar-refractivity contribution is 5.80. The summed E-state index contributed by atoms with van der Waals surface area (Å²) in [5, 5.41) is 3.23. The van der Waals surface area contributed by atoms with Crippen molar-refractivity contribution in [1.82, 2.24) is 5.32 Å².